The Bertz CT molecular complexity index is 381. The van der Waals surface area contributed by atoms with Crippen LogP contribution >= 0.6 is 11.6 Å². The molecule has 1 unspecified atom stereocenters. The lowest BCUT2D eigenvalue weighted by Crippen LogP contribution is -2.12. The molecule has 0 spiro atoms. The van der Waals surface area contributed by atoms with Gasteiger partial charge in [-0.3, -0.25) is 0 Å². The van der Waals surface area contributed by atoms with Crippen molar-refractivity contribution >= 4 is 11.6 Å². The first-order chi connectivity index (χ1) is 9.65. The molecule has 3 heteroatoms. The molecule has 20 heavy (non-hydrogen) atoms. The van der Waals surface area contributed by atoms with Gasteiger partial charge in [-0.1, -0.05) is 76.0 Å². The number of hydrogen-bond donors (Lipinski definition) is 1. The number of nitrogens with two attached hydrogens (primary N) is 1. The van der Waals surface area contributed by atoms with Gasteiger partial charge in [0.15, 0.2) is 0 Å². The Morgan fingerprint density at radius 1 is 1.05 bits per heavy atom. The van der Waals surface area contributed by atoms with Crippen LogP contribution in [0.3, 0.4) is 0 Å². The summed E-state index contributed by atoms with van der Waals surface area (Å²) in [6.07, 6.45) is 11.0. The van der Waals surface area contributed by atoms with Crippen molar-refractivity contribution in [3.8, 4) is 0 Å². The lowest BCUT2D eigenvalue weighted by atomic mass is 10.00. The van der Waals surface area contributed by atoms with Crippen LogP contribution in [0, 0.1) is 5.82 Å². The number of unbranched alkanes of at least 4 members (excludes halogenated alkanes) is 7. The highest BCUT2D eigenvalue weighted by molar-refractivity contribution is 6.30. The summed E-state index contributed by atoms with van der Waals surface area (Å²) in [6, 6.07) is 4.53. The zero-order chi connectivity index (χ0) is 14.8. The van der Waals surface area contributed by atoms with E-state index in [2.05, 4.69) is 6.92 Å². The molecule has 0 aliphatic heterocycles. The summed E-state index contributed by atoms with van der Waals surface area (Å²) in [5, 5.41) is 0.422. The number of hydrogen-bond acceptors (Lipinski definition) is 1. The van der Waals surface area contributed by atoms with E-state index in [0.29, 0.717) is 10.6 Å². The summed E-state index contributed by atoms with van der Waals surface area (Å²) in [6.45, 7) is 2.23. The van der Waals surface area contributed by atoms with Crippen LogP contribution in [0.1, 0.15) is 76.3 Å². The lowest BCUT2D eigenvalue weighted by Gasteiger charge is -2.13. The zero-order valence-corrected chi connectivity index (χ0v) is 13.3. The fraction of sp³-hybridized carbons (Fsp3) is 0.647. The Morgan fingerprint density at radius 3 is 2.25 bits per heavy atom. The van der Waals surface area contributed by atoms with Crippen LogP contribution in [0.2, 0.25) is 5.02 Å². The summed E-state index contributed by atoms with van der Waals surface area (Å²) in [7, 11) is 0. The highest BCUT2D eigenvalue weighted by Crippen LogP contribution is 2.23. The summed E-state index contributed by atoms with van der Waals surface area (Å²) in [5.41, 5.74) is 6.62. The Morgan fingerprint density at radius 2 is 1.65 bits per heavy atom. The maximum atomic E-state index is 13.7. The first kappa shape index (κ1) is 17.5. The van der Waals surface area contributed by atoms with Crippen molar-refractivity contribution in [3.63, 3.8) is 0 Å². The third kappa shape index (κ3) is 6.71. The molecule has 1 aromatic carbocycles. The van der Waals surface area contributed by atoms with Crippen LogP contribution in [0.4, 0.5) is 4.39 Å². The molecule has 1 nitrogen and oxygen atoms in total. The minimum Gasteiger partial charge on any atom is -0.324 e. The Kier molecular flexibility index (Phi) is 8.88. The largest absolute Gasteiger partial charge is 0.324 e. The van der Waals surface area contributed by atoms with E-state index in [1.54, 1.807) is 12.1 Å². The molecule has 0 saturated carbocycles. The lowest BCUT2D eigenvalue weighted by molar-refractivity contribution is 0.518. The fourth-order valence-electron chi connectivity index (χ4n) is 2.46. The molecule has 0 fully saturated rings. The molecule has 2 N–H and O–H groups in total. The van der Waals surface area contributed by atoms with Crippen LogP contribution in [-0.4, -0.2) is 0 Å². The standard InChI is InChI=1S/C17H27ClFN/c1-2-3-4-5-6-7-8-9-10-17(20)15-12-11-14(18)13-16(15)19/h11-13,17H,2-10,20H2,1H3. The second-order valence-corrected chi connectivity index (χ2v) is 5.97. The molecule has 0 bridgehead atoms. The van der Waals surface area contributed by atoms with Crippen LogP contribution in [0.5, 0.6) is 0 Å². The minimum absolute atomic E-state index is 0.215. The van der Waals surface area contributed by atoms with Gasteiger partial charge in [-0.25, -0.2) is 4.39 Å². The molecule has 0 radical (unpaired) electrons. The van der Waals surface area contributed by atoms with Gasteiger partial charge >= 0.3 is 0 Å². The summed E-state index contributed by atoms with van der Waals surface area (Å²) < 4.78 is 13.7. The molecule has 1 rings (SSSR count). The molecule has 0 saturated heterocycles. The van der Waals surface area contributed by atoms with E-state index in [0.717, 1.165) is 12.8 Å². The van der Waals surface area contributed by atoms with Crippen molar-refractivity contribution in [1.82, 2.24) is 0 Å². The van der Waals surface area contributed by atoms with E-state index < -0.39 is 0 Å². The van der Waals surface area contributed by atoms with Crippen molar-refractivity contribution in [2.24, 2.45) is 5.73 Å². The topological polar surface area (TPSA) is 26.0 Å². The molecular formula is C17H27ClFN. The third-order valence-corrected chi connectivity index (χ3v) is 3.97. The molecule has 0 aliphatic carbocycles. The minimum atomic E-state index is -0.287. The van der Waals surface area contributed by atoms with Crippen LogP contribution in [0.25, 0.3) is 0 Å². The maximum absolute atomic E-state index is 13.7. The molecule has 0 aromatic heterocycles. The molecule has 1 atom stereocenters. The second kappa shape index (κ2) is 10.2. The average molecular weight is 300 g/mol. The number of rotatable bonds is 10. The average Bonchev–Trinajstić information content (AvgIpc) is 2.41. The molecule has 0 heterocycles. The van der Waals surface area contributed by atoms with Gasteiger partial charge in [0.2, 0.25) is 0 Å². The van der Waals surface area contributed by atoms with Crippen molar-refractivity contribution in [2.75, 3.05) is 0 Å². The van der Waals surface area contributed by atoms with Gasteiger partial charge in [0, 0.05) is 16.6 Å². The number of halogens is 2. The molecule has 1 aromatic rings. The zero-order valence-electron chi connectivity index (χ0n) is 12.5. The Labute approximate surface area is 127 Å². The molecule has 114 valence electrons. The van der Waals surface area contributed by atoms with Crippen LogP contribution in [-0.2, 0) is 0 Å². The highest BCUT2D eigenvalue weighted by Gasteiger charge is 2.11. The first-order valence-corrected chi connectivity index (χ1v) is 8.23. The smallest absolute Gasteiger partial charge is 0.129 e. The van der Waals surface area contributed by atoms with Gasteiger partial charge in [-0.2, -0.15) is 0 Å². The van der Waals surface area contributed by atoms with E-state index >= 15 is 0 Å². The molecule has 0 amide bonds. The monoisotopic (exact) mass is 299 g/mol. The van der Waals surface area contributed by atoms with E-state index in [-0.39, 0.29) is 11.9 Å². The second-order valence-electron chi connectivity index (χ2n) is 5.54. The number of benzene rings is 1. The quantitative estimate of drug-likeness (QED) is 0.526. The van der Waals surface area contributed by atoms with Crippen LogP contribution < -0.4 is 5.73 Å². The van der Waals surface area contributed by atoms with E-state index in [4.69, 9.17) is 17.3 Å². The third-order valence-electron chi connectivity index (χ3n) is 3.73. The van der Waals surface area contributed by atoms with Gasteiger partial charge in [-0.15, -0.1) is 0 Å². The van der Waals surface area contributed by atoms with Gasteiger partial charge in [0.1, 0.15) is 5.82 Å². The van der Waals surface area contributed by atoms with Crippen molar-refractivity contribution in [3.05, 3.63) is 34.6 Å². The van der Waals surface area contributed by atoms with E-state index in [1.807, 2.05) is 0 Å². The highest BCUT2D eigenvalue weighted by atomic mass is 35.5. The van der Waals surface area contributed by atoms with Gasteiger partial charge < -0.3 is 5.73 Å². The van der Waals surface area contributed by atoms with Crippen molar-refractivity contribution < 1.29 is 4.39 Å². The normalized spacial score (nSPS) is 12.6. The predicted octanol–water partition coefficient (Wildman–Crippen LogP) is 6.01. The predicted molar refractivity (Wildman–Crippen MR) is 85.6 cm³/mol. The van der Waals surface area contributed by atoms with E-state index in [9.17, 15) is 4.39 Å². The van der Waals surface area contributed by atoms with Gasteiger partial charge in [0.25, 0.3) is 0 Å². The summed E-state index contributed by atoms with van der Waals surface area (Å²) >= 11 is 5.74. The first-order valence-electron chi connectivity index (χ1n) is 7.85. The van der Waals surface area contributed by atoms with E-state index in [1.165, 1.54) is 51.0 Å². The Balaban J connectivity index is 2.15. The molecule has 0 aliphatic rings. The van der Waals surface area contributed by atoms with Gasteiger partial charge in [-0.05, 0) is 18.6 Å². The van der Waals surface area contributed by atoms with Crippen LogP contribution in [0.15, 0.2) is 18.2 Å². The maximum Gasteiger partial charge on any atom is 0.129 e. The van der Waals surface area contributed by atoms with Gasteiger partial charge in [0.05, 0.1) is 0 Å². The summed E-state index contributed by atoms with van der Waals surface area (Å²) in [4.78, 5) is 0. The van der Waals surface area contributed by atoms with Crippen molar-refractivity contribution in [1.29, 1.82) is 0 Å². The molecular weight excluding hydrogens is 273 g/mol. The summed E-state index contributed by atoms with van der Waals surface area (Å²) in [5.74, 6) is -0.287. The SMILES string of the molecule is CCCCCCCCCCC(N)c1ccc(Cl)cc1F. The van der Waals surface area contributed by atoms with Crippen molar-refractivity contribution in [2.45, 2.75) is 70.8 Å². The fourth-order valence-corrected chi connectivity index (χ4v) is 2.61. The Hall–Kier alpha value is -0.600.